The molecule has 148 valence electrons. The number of aliphatic hydroxyl groups is 1. The fraction of sp³-hybridized carbons (Fsp3) is 0.812. The van der Waals surface area contributed by atoms with E-state index in [1.54, 1.807) is 0 Å². The minimum atomic E-state index is -0.526. The van der Waals surface area contributed by atoms with E-state index >= 15 is 0 Å². The van der Waals surface area contributed by atoms with E-state index in [9.17, 15) is 5.11 Å². The van der Waals surface area contributed by atoms with Crippen molar-refractivity contribution in [2.75, 3.05) is 62.1 Å². The molecule has 26 heavy (non-hydrogen) atoms. The van der Waals surface area contributed by atoms with E-state index in [-0.39, 0.29) is 6.61 Å². The molecule has 1 aromatic heterocycles. The van der Waals surface area contributed by atoms with Crippen LogP contribution >= 0.6 is 0 Å². The van der Waals surface area contributed by atoms with Gasteiger partial charge in [0, 0.05) is 19.1 Å². The third-order valence-corrected chi connectivity index (χ3v) is 3.56. The van der Waals surface area contributed by atoms with Gasteiger partial charge in [0.15, 0.2) is 0 Å². The van der Waals surface area contributed by atoms with Crippen molar-refractivity contribution in [3.8, 4) is 0 Å². The fourth-order valence-electron chi connectivity index (χ4n) is 1.97. The van der Waals surface area contributed by atoms with E-state index in [0.717, 1.165) is 12.8 Å². The molecule has 0 aliphatic heterocycles. The molecule has 1 aromatic rings. The summed E-state index contributed by atoms with van der Waals surface area (Å²) < 4.78 is 10.7. The molecule has 2 rings (SSSR count). The summed E-state index contributed by atoms with van der Waals surface area (Å²) in [4.78, 5) is 13.1. The molecule has 10 heteroatoms. The predicted octanol–water partition coefficient (Wildman–Crippen LogP) is 0.0325. The molecule has 1 saturated carbocycles. The number of anilines is 3. The van der Waals surface area contributed by atoms with Gasteiger partial charge in [-0.3, -0.25) is 0 Å². The molecule has 1 aliphatic rings. The van der Waals surface area contributed by atoms with Crippen molar-refractivity contribution in [1.82, 2.24) is 15.0 Å². The van der Waals surface area contributed by atoms with Crippen LogP contribution in [-0.2, 0) is 9.47 Å². The van der Waals surface area contributed by atoms with E-state index in [1.807, 2.05) is 13.8 Å². The van der Waals surface area contributed by atoms with Crippen LogP contribution in [0.5, 0.6) is 0 Å². The second kappa shape index (κ2) is 10.4. The lowest BCUT2D eigenvalue weighted by atomic mass is 10.1. The molecule has 0 unspecified atom stereocenters. The summed E-state index contributed by atoms with van der Waals surface area (Å²) in [5, 5.41) is 19.0. The van der Waals surface area contributed by atoms with Crippen LogP contribution in [0.15, 0.2) is 0 Å². The number of aliphatic hydroxyl groups excluding tert-OH is 1. The predicted molar refractivity (Wildman–Crippen MR) is 100 cm³/mol. The largest absolute Gasteiger partial charge is 0.394 e. The molecule has 0 radical (unpaired) electrons. The van der Waals surface area contributed by atoms with Gasteiger partial charge < -0.3 is 36.3 Å². The van der Waals surface area contributed by atoms with Gasteiger partial charge in [0.2, 0.25) is 17.8 Å². The average molecular weight is 369 g/mol. The maximum Gasteiger partial charge on any atom is 0.229 e. The minimum absolute atomic E-state index is 0.0348. The fourth-order valence-corrected chi connectivity index (χ4v) is 1.97. The number of hydrogen-bond acceptors (Lipinski definition) is 10. The maximum atomic E-state index is 9.43. The van der Waals surface area contributed by atoms with Gasteiger partial charge in [-0.05, 0) is 26.7 Å². The van der Waals surface area contributed by atoms with E-state index in [1.165, 1.54) is 0 Å². The second-order valence-corrected chi connectivity index (χ2v) is 6.83. The Balaban J connectivity index is 1.83. The molecular weight excluding hydrogens is 338 g/mol. The van der Waals surface area contributed by atoms with E-state index in [0.29, 0.717) is 63.4 Å². The molecular formula is C16H31N7O3. The molecule has 10 nitrogen and oxygen atoms in total. The van der Waals surface area contributed by atoms with Crippen LogP contribution in [0.3, 0.4) is 0 Å². The van der Waals surface area contributed by atoms with Crippen molar-refractivity contribution in [3.05, 3.63) is 0 Å². The third kappa shape index (κ3) is 8.09. The highest BCUT2D eigenvalue weighted by Crippen LogP contribution is 2.24. The van der Waals surface area contributed by atoms with Crippen LogP contribution in [0.4, 0.5) is 17.8 Å². The first-order valence-corrected chi connectivity index (χ1v) is 9.03. The van der Waals surface area contributed by atoms with Gasteiger partial charge in [-0.2, -0.15) is 15.0 Å². The molecule has 1 aliphatic carbocycles. The summed E-state index contributed by atoms with van der Waals surface area (Å²) in [5.74, 6) is 1.40. The van der Waals surface area contributed by atoms with Crippen molar-refractivity contribution in [3.63, 3.8) is 0 Å². The summed E-state index contributed by atoms with van der Waals surface area (Å²) >= 11 is 0. The highest BCUT2D eigenvalue weighted by molar-refractivity contribution is 5.44. The van der Waals surface area contributed by atoms with Crippen LogP contribution < -0.4 is 21.7 Å². The Bertz CT molecular complexity index is 541. The van der Waals surface area contributed by atoms with Crippen molar-refractivity contribution < 1.29 is 14.6 Å². The van der Waals surface area contributed by atoms with Crippen LogP contribution in [0, 0.1) is 0 Å². The molecule has 1 heterocycles. The number of aromatic nitrogens is 3. The Labute approximate surface area is 154 Å². The van der Waals surface area contributed by atoms with E-state index < -0.39 is 5.54 Å². The van der Waals surface area contributed by atoms with Gasteiger partial charge in [0.1, 0.15) is 0 Å². The number of hydrogen-bond donors (Lipinski definition) is 5. The van der Waals surface area contributed by atoms with Crippen LogP contribution in [0.25, 0.3) is 0 Å². The Hall–Kier alpha value is -1.75. The lowest BCUT2D eigenvalue weighted by Gasteiger charge is -2.23. The Morgan fingerprint density at radius 2 is 1.69 bits per heavy atom. The number of nitrogens with zero attached hydrogens (tertiary/aromatic N) is 3. The minimum Gasteiger partial charge on any atom is -0.394 e. The van der Waals surface area contributed by atoms with E-state index in [4.69, 9.17) is 15.2 Å². The van der Waals surface area contributed by atoms with Gasteiger partial charge >= 0.3 is 0 Å². The maximum absolute atomic E-state index is 9.43. The van der Waals surface area contributed by atoms with E-state index in [2.05, 4.69) is 30.9 Å². The summed E-state index contributed by atoms with van der Waals surface area (Å²) in [6.45, 7) is 6.89. The quantitative estimate of drug-likeness (QED) is 0.285. The summed E-state index contributed by atoms with van der Waals surface area (Å²) in [6.07, 6.45) is 2.25. The third-order valence-electron chi connectivity index (χ3n) is 3.56. The SMILES string of the molecule is CC(C)(CO)Nc1nc(NCCOCCOCCN)nc(NC2CC2)n1. The van der Waals surface area contributed by atoms with Gasteiger partial charge in [0.25, 0.3) is 0 Å². The first-order chi connectivity index (χ1) is 12.5. The van der Waals surface area contributed by atoms with Gasteiger partial charge in [-0.25, -0.2) is 0 Å². The Morgan fingerprint density at radius 1 is 1.04 bits per heavy atom. The summed E-state index contributed by atoms with van der Waals surface area (Å²) in [7, 11) is 0. The molecule has 0 aromatic carbocycles. The first kappa shape index (κ1) is 20.6. The first-order valence-electron chi connectivity index (χ1n) is 9.03. The lowest BCUT2D eigenvalue weighted by Crippen LogP contribution is -2.36. The molecule has 0 spiro atoms. The standard InChI is InChI=1S/C16H31N7O3/c1-16(2,11-24)23-15-21-13(20-14(22-15)19-12-3-4-12)18-6-8-26-10-9-25-7-5-17/h12,24H,3-11,17H2,1-2H3,(H3,18,19,20,21,22,23). The van der Waals surface area contributed by atoms with Gasteiger partial charge in [-0.15, -0.1) is 0 Å². The number of ether oxygens (including phenoxy) is 2. The average Bonchev–Trinajstić information content (AvgIpc) is 3.40. The summed E-state index contributed by atoms with van der Waals surface area (Å²) in [6, 6.07) is 0.431. The molecule has 1 fully saturated rings. The van der Waals surface area contributed by atoms with Gasteiger partial charge in [0.05, 0.1) is 38.6 Å². The van der Waals surface area contributed by atoms with Crippen molar-refractivity contribution in [2.24, 2.45) is 5.73 Å². The van der Waals surface area contributed by atoms with Crippen molar-refractivity contribution in [1.29, 1.82) is 0 Å². The normalized spacial score (nSPS) is 14.3. The van der Waals surface area contributed by atoms with Crippen molar-refractivity contribution >= 4 is 17.8 Å². The molecule has 0 atom stereocenters. The summed E-state index contributed by atoms with van der Waals surface area (Å²) in [5.41, 5.74) is 4.82. The van der Waals surface area contributed by atoms with Gasteiger partial charge in [-0.1, -0.05) is 0 Å². The number of nitrogens with one attached hydrogen (secondary N) is 3. The Morgan fingerprint density at radius 3 is 2.35 bits per heavy atom. The zero-order chi connectivity index (χ0) is 18.8. The zero-order valence-electron chi connectivity index (χ0n) is 15.6. The smallest absolute Gasteiger partial charge is 0.229 e. The molecule has 0 amide bonds. The molecule has 0 saturated heterocycles. The molecule has 6 N–H and O–H groups in total. The van der Waals surface area contributed by atoms with Crippen LogP contribution in [0.2, 0.25) is 0 Å². The number of nitrogens with two attached hydrogens (primary N) is 1. The van der Waals surface area contributed by atoms with Crippen LogP contribution in [0.1, 0.15) is 26.7 Å². The van der Waals surface area contributed by atoms with Crippen LogP contribution in [-0.4, -0.2) is 77.8 Å². The molecule has 0 bridgehead atoms. The number of rotatable bonds is 14. The topological polar surface area (TPSA) is 139 Å². The highest BCUT2D eigenvalue weighted by Gasteiger charge is 2.23. The van der Waals surface area contributed by atoms with Crippen molar-refractivity contribution in [2.45, 2.75) is 38.3 Å². The lowest BCUT2D eigenvalue weighted by molar-refractivity contribution is 0.0547. The monoisotopic (exact) mass is 369 g/mol. The highest BCUT2D eigenvalue weighted by atomic mass is 16.5. The second-order valence-electron chi connectivity index (χ2n) is 6.83. The zero-order valence-corrected chi connectivity index (χ0v) is 15.6. The Kier molecular flexibility index (Phi) is 8.23.